The van der Waals surface area contributed by atoms with Crippen LogP contribution in [0.2, 0.25) is 0 Å². The van der Waals surface area contributed by atoms with Crippen LogP contribution >= 0.6 is 0 Å². The molecule has 98 valence electrons. The summed E-state index contributed by atoms with van der Waals surface area (Å²) in [5, 5.41) is 0. The van der Waals surface area contributed by atoms with E-state index in [0.29, 0.717) is 11.5 Å². The highest BCUT2D eigenvalue weighted by Crippen LogP contribution is 2.34. The Hall–Kier alpha value is -1.81. The van der Waals surface area contributed by atoms with Gasteiger partial charge in [0.25, 0.3) is 0 Å². The average Bonchev–Trinajstić information content (AvgIpc) is 2.38. The molecule has 0 bridgehead atoms. The second kappa shape index (κ2) is 4.70. The number of benzene rings is 1. The number of rotatable bonds is 2. The fourth-order valence-electron chi connectivity index (χ4n) is 2.41. The number of nitrogens with zero attached hydrogens (tertiary/aromatic N) is 2. The summed E-state index contributed by atoms with van der Waals surface area (Å²) in [7, 11) is 0. The number of aromatic nitrogens is 2. The first kappa shape index (κ1) is 12.2. The van der Waals surface area contributed by atoms with Crippen LogP contribution in [0.25, 0.3) is 11.3 Å². The lowest BCUT2D eigenvalue weighted by Gasteiger charge is -2.31. The Morgan fingerprint density at radius 1 is 1.26 bits per heavy atom. The quantitative estimate of drug-likeness (QED) is 0.900. The van der Waals surface area contributed by atoms with Crippen LogP contribution in [0.1, 0.15) is 30.1 Å². The van der Waals surface area contributed by atoms with Crippen LogP contribution in [0.5, 0.6) is 0 Å². The number of hydrogen-bond donors (Lipinski definition) is 1. The molecule has 0 radical (unpaired) electrons. The predicted molar refractivity (Wildman–Crippen MR) is 72.1 cm³/mol. The molecule has 3 nitrogen and oxygen atoms in total. The Morgan fingerprint density at radius 2 is 2.05 bits per heavy atom. The highest BCUT2D eigenvalue weighted by Gasteiger charge is 2.29. The third-order valence-electron chi connectivity index (χ3n) is 3.67. The Morgan fingerprint density at radius 3 is 2.74 bits per heavy atom. The van der Waals surface area contributed by atoms with Crippen LogP contribution in [0.4, 0.5) is 4.39 Å². The molecule has 4 heteroatoms. The van der Waals surface area contributed by atoms with Crippen molar-refractivity contribution < 1.29 is 4.39 Å². The number of hydrogen-bond acceptors (Lipinski definition) is 3. The molecule has 0 unspecified atom stereocenters. The first-order valence-electron chi connectivity index (χ1n) is 6.48. The monoisotopic (exact) mass is 257 g/mol. The van der Waals surface area contributed by atoms with Gasteiger partial charge in [0, 0.05) is 23.7 Å². The molecule has 3 rings (SSSR count). The van der Waals surface area contributed by atoms with Gasteiger partial charge in [-0.3, -0.25) is 0 Å². The van der Waals surface area contributed by atoms with Crippen molar-refractivity contribution in [1.29, 1.82) is 0 Å². The first-order valence-corrected chi connectivity index (χ1v) is 6.48. The van der Waals surface area contributed by atoms with Crippen molar-refractivity contribution in [2.45, 2.75) is 31.7 Å². The molecular formula is C15H16FN3. The van der Waals surface area contributed by atoms with Gasteiger partial charge in [0.15, 0.2) is 0 Å². The third-order valence-corrected chi connectivity index (χ3v) is 3.67. The van der Waals surface area contributed by atoms with Gasteiger partial charge in [-0.05, 0) is 49.6 Å². The molecule has 1 saturated carbocycles. The lowest BCUT2D eigenvalue weighted by molar-refractivity contribution is 0.338. The minimum atomic E-state index is -0.192. The molecule has 1 aromatic carbocycles. The topological polar surface area (TPSA) is 51.8 Å². The van der Waals surface area contributed by atoms with Crippen molar-refractivity contribution in [2.75, 3.05) is 0 Å². The summed E-state index contributed by atoms with van der Waals surface area (Å²) in [5.41, 5.74) is 8.19. The van der Waals surface area contributed by atoms with E-state index in [0.717, 1.165) is 29.9 Å². The summed E-state index contributed by atoms with van der Waals surface area (Å²) in [6.07, 6.45) is 3.66. The molecular weight excluding hydrogens is 241 g/mol. The summed E-state index contributed by atoms with van der Waals surface area (Å²) >= 11 is 0. The van der Waals surface area contributed by atoms with E-state index in [1.54, 1.807) is 19.2 Å². The molecule has 1 fully saturated rings. The van der Waals surface area contributed by atoms with E-state index >= 15 is 0 Å². The van der Waals surface area contributed by atoms with Crippen molar-refractivity contribution in [2.24, 2.45) is 5.73 Å². The maximum atomic E-state index is 13.3. The van der Waals surface area contributed by atoms with Gasteiger partial charge in [-0.15, -0.1) is 0 Å². The fraction of sp³-hybridized carbons (Fsp3) is 0.333. The van der Waals surface area contributed by atoms with Crippen LogP contribution in [-0.2, 0) is 0 Å². The minimum Gasteiger partial charge on any atom is -0.328 e. The molecule has 0 amide bonds. The Labute approximate surface area is 111 Å². The van der Waals surface area contributed by atoms with Crippen LogP contribution in [0, 0.1) is 12.7 Å². The molecule has 1 heterocycles. The summed E-state index contributed by atoms with van der Waals surface area (Å²) < 4.78 is 13.3. The van der Waals surface area contributed by atoms with E-state index in [9.17, 15) is 4.39 Å². The molecule has 0 aliphatic heterocycles. The maximum absolute atomic E-state index is 13.3. The van der Waals surface area contributed by atoms with E-state index < -0.39 is 0 Å². The molecule has 0 saturated heterocycles. The normalized spacial score (nSPS) is 22.1. The molecule has 0 atom stereocenters. The molecule has 1 aromatic heterocycles. The lowest BCUT2D eigenvalue weighted by Crippen LogP contribution is -2.35. The van der Waals surface area contributed by atoms with Crippen LogP contribution in [-0.4, -0.2) is 16.0 Å². The Bertz CT molecular complexity index is 606. The van der Waals surface area contributed by atoms with Gasteiger partial charge in [-0.25, -0.2) is 14.4 Å². The molecule has 19 heavy (non-hydrogen) atoms. The molecule has 0 spiro atoms. The van der Waals surface area contributed by atoms with Crippen molar-refractivity contribution in [1.82, 2.24) is 9.97 Å². The second-order valence-corrected chi connectivity index (χ2v) is 5.19. The van der Waals surface area contributed by atoms with Crippen molar-refractivity contribution in [3.63, 3.8) is 0 Å². The standard InChI is InChI=1S/C15H16FN3/c1-9-6-10(2-3-13(9)16)14-4-5-18-15(19-14)11-7-12(17)8-11/h2-6,11-12H,7-8,17H2,1H3. The van der Waals surface area contributed by atoms with Crippen molar-refractivity contribution in [3.05, 3.63) is 47.7 Å². The minimum absolute atomic E-state index is 0.192. The maximum Gasteiger partial charge on any atom is 0.132 e. The largest absolute Gasteiger partial charge is 0.328 e. The highest BCUT2D eigenvalue weighted by atomic mass is 19.1. The van der Waals surface area contributed by atoms with Gasteiger partial charge in [0.2, 0.25) is 0 Å². The van der Waals surface area contributed by atoms with Crippen molar-refractivity contribution >= 4 is 0 Å². The van der Waals surface area contributed by atoms with Gasteiger partial charge < -0.3 is 5.73 Å². The van der Waals surface area contributed by atoms with Gasteiger partial charge in [0.05, 0.1) is 5.69 Å². The lowest BCUT2D eigenvalue weighted by atomic mass is 9.80. The van der Waals surface area contributed by atoms with E-state index in [2.05, 4.69) is 9.97 Å². The van der Waals surface area contributed by atoms with Gasteiger partial charge in [-0.2, -0.15) is 0 Å². The zero-order valence-electron chi connectivity index (χ0n) is 10.8. The van der Waals surface area contributed by atoms with Crippen LogP contribution in [0.3, 0.4) is 0 Å². The van der Waals surface area contributed by atoms with Gasteiger partial charge >= 0.3 is 0 Å². The van der Waals surface area contributed by atoms with Crippen LogP contribution < -0.4 is 5.73 Å². The third kappa shape index (κ3) is 2.36. The smallest absolute Gasteiger partial charge is 0.132 e. The molecule has 2 aromatic rings. The number of nitrogens with two attached hydrogens (primary N) is 1. The number of aryl methyl sites for hydroxylation is 1. The highest BCUT2D eigenvalue weighted by molar-refractivity contribution is 5.59. The van der Waals surface area contributed by atoms with Crippen LogP contribution in [0.15, 0.2) is 30.5 Å². The predicted octanol–water partition coefficient (Wildman–Crippen LogP) is 2.80. The molecule has 2 N–H and O–H groups in total. The van der Waals surface area contributed by atoms with E-state index in [-0.39, 0.29) is 11.9 Å². The summed E-state index contributed by atoms with van der Waals surface area (Å²) in [6.45, 7) is 1.76. The fourth-order valence-corrected chi connectivity index (χ4v) is 2.41. The number of halogens is 1. The van der Waals surface area contributed by atoms with Gasteiger partial charge in [0.1, 0.15) is 11.6 Å². The zero-order chi connectivity index (χ0) is 13.4. The van der Waals surface area contributed by atoms with Gasteiger partial charge in [-0.1, -0.05) is 0 Å². The Balaban J connectivity index is 1.92. The Kier molecular flexibility index (Phi) is 3.03. The first-order chi connectivity index (χ1) is 9.13. The van der Waals surface area contributed by atoms with Crippen molar-refractivity contribution in [3.8, 4) is 11.3 Å². The summed E-state index contributed by atoms with van der Waals surface area (Å²) in [5.74, 6) is 1.03. The van der Waals surface area contributed by atoms with E-state index in [4.69, 9.17) is 5.73 Å². The SMILES string of the molecule is Cc1cc(-c2ccnc(C3CC(N)C3)n2)ccc1F. The summed E-state index contributed by atoms with van der Waals surface area (Å²) in [4.78, 5) is 8.90. The average molecular weight is 257 g/mol. The molecule has 1 aliphatic rings. The molecule has 1 aliphatic carbocycles. The summed E-state index contributed by atoms with van der Waals surface area (Å²) in [6, 6.07) is 7.18. The van der Waals surface area contributed by atoms with E-state index in [1.807, 2.05) is 12.1 Å². The van der Waals surface area contributed by atoms with E-state index in [1.165, 1.54) is 6.07 Å². The zero-order valence-corrected chi connectivity index (χ0v) is 10.8. The second-order valence-electron chi connectivity index (χ2n) is 5.19.